The van der Waals surface area contributed by atoms with Gasteiger partial charge in [-0.3, -0.25) is 4.79 Å². The molecule has 0 saturated carbocycles. The number of amides is 1. The summed E-state index contributed by atoms with van der Waals surface area (Å²) in [4.78, 5) is 11.8. The van der Waals surface area contributed by atoms with E-state index in [4.69, 9.17) is 16.9 Å². The molecule has 1 heterocycles. The Labute approximate surface area is 108 Å². The Morgan fingerprint density at radius 3 is 2.78 bits per heavy atom. The molecule has 0 spiro atoms. The molecule has 0 aliphatic rings. The maximum absolute atomic E-state index is 11.8. The van der Waals surface area contributed by atoms with Crippen LogP contribution in [-0.4, -0.2) is 16.1 Å². The Hall–Kier alpha value is -2.45. The quantitative estimate of drug-likeness (QED) is 0.896. The Bertz CT molecular complexity index is 619. The summed E-state index contributed by atoms with van der Waals surface area (Å²) in [6.45, 7) is 0. The van der Waals surface area contributed by atoms with Crippen molar-refractivity contribution in [2.24, 2.45) is 0 Å². The molecule has 0 fully saturated rings. The van der Waals surface area contributed by atoms with E-state index in [2.05, 4.69) is 15.5 Å². The summed E-state index contributed by atoms with van der Waals surface area (Å²) in [6, 6.07) is 11.4. The van der Waals surface area contributed by atoms with Crippen LogP contribution < -0.4 is 5.32 Å². The fourth-order valence-corrected chi connectivity index (χ4v) is 1.40. The average molecular weight is 259 g/mol. The molecule has 6 heteroatoms. The maximum Gasteiger partial charge on any atom is 0.256 e. The third-order valence-electron chi connectivity index (χ3n) is 2.13. The summed E-state index contributed by atoms with van der Waals surface area (Å²) in [5, 5.41) is 18.9. The molecule has 2 aromatic rings. The van der Waals surface area contributed by atoms with Crippen LogP contribution in [0.2, 0.25) is 5.15 Å². The number of carbonyl (C=O) groups is 1. The SMILES string of the molecule is N#Cc1cccc(C(=O)Nc2ccc(Cl)nn2)c1. The smallest absolute Gasteiger partial charge is 0.256 e. The molecular weight excluding hydrogens is 252 g/mol. The summed E-state index contributed by atoms with van der Waals surface area (Å²) < 4.78 is 0. The van der Waals surface area contributed by atoms with Gasteiger partial charge in [-0.1, -0.05) is 17.7 Å². The van der Waals surface area contributed by atoms with E-state index in [1.807, 2.05) is 6.07 Å². The molecule has 0 saturated heterocycles. The van der Waals surface area contributed by atoms with Crippen LogP contribution in [-0.2, 0) is 0 Å². The lowest BCUT2D eigenvalue weighted by Crippen LogP contribution is -2.13. The van der Waals surface area contributed by atoms with Gasteiger partial charge in [-0.15, -0.1) is 10.2 Å². The van der Waals surface area contributed by atoms with Crippen LogP contribution in [0.5, 0.6) is 0 Å². The second-order valence-electron chi connectivity index (χ2n) is 3.39. The monoisotopic (exact) mass is 258 g/mol. The van der Waals surface area contributed by atoms with Gasteiger partial charge in [0.15, 0.2) is 11.0 Å². The van der Waals surface area contributed by atoms with Crippen LogP contribution in [0, 0.1) is 11.3 Å². The summed E-state index contributed by atoms with van der Waals surface area (Å²) in [7, 11) is 0. The van der Waals surface area contributed by atoms with E-state index in [0.29, 0.717) is 16.9 Å². The van der Waals surface area contributed by atoms with Crippen molar-refractivity contribution in [3.63, 3.8) is 0 Å². The molecule has 1 aromatic heterocycles. The number of nitrogens with one attached hydrogen (secondary N) is 1. The minimum Gasteiger partial charge on any atom is -0.305 e. The topological polar surface area (TPSA) is 78.7 Å². The zero-order chi connectivity index (χ0) is 13.0. The average Bonchev–Trinajstić information content (AvgIpc) is 2.41. The fourth-order valence-electron chi connectivity index (χ4n) is 1.30. The van der Waals surface area contributed by atoms with Crippen LogP contribution >= 0.6 is 11.6 Å². The zero-order valence-corrected chi connectivity index (χ0v) is 9.85. The number of anilines is 1. The molecule has 2 rings (SSSR count). The molecule has 1 amide bonds. The van der Waals surface area contributed by atoms with E-state index in [1.54, 1.807) is 24.3 Å². The molecule has 0 unspecified atom stereocenters. The van der Waals surface area contributed by atoms with Crippen molar-refractivity contribution in [2.75, 3.05) is 5.32 Å². The van der Waals surface area contributed by atoms with Gasteiger partial charge in [-0.2, -0.15) is 5.26 Å². The highest BCUT2D eigenvalue weighted by atomic mass is 35.5. The highest BCUT2D eigenvalue weighted by molar-refractivity contribution is 6.29. The van der Waals surface area contributed by atoms with E-state index in [-0.39, 0.29) is 11.1 Å². The van der Waals surface area contributed by atoms with Gasteiger partial charge in [-0.25, -0.2) is 0 Å². The lowest BCUT2D eigenvalue weighted by atomic mass is 10.1. The first kappa shape index (κ1) is 12.0. The van der Waals surface area contributed by atoms with Gasteiger partial charge < -0.3 is 5.32 Å². The van der Waals surface area contributed by atoms with Crippen LogP contribution in [0.15, 0.2) is 36.4 Å². The molecule has 0 aliphatic heterocycles. The van der Waals surface area contributed by atoms with Crippen molar-refractivity contribution >= 4 is 23.3 Å². The van der Waals surface area contributed by atoms with Crippen LogP contribution in [0.4, 0.5) is 5.82 Å². The molecule has 5 nitrogen and oxygen atoms in total. The largest absolute Gasteiger partial charge is 0.305 e. The van der Waals surface area contributed by atoms with Crippen LogP contribution in [0.25, 0.3) is 0 Å². The van der Waals surface area contributed by atoms with Crippen LogP contribution in [0.3, 0.4) is 0 Å². The lowest BCUT2D eigenvalue weighted by Gasteiger charge is -2.03. The van der Waals surface area contributed by atoms with Gasteiger partial charge in [0.05, 0.1) is 11.6 Å². The molecule has 18 heavy (non-hydrogen) atoms. The number of hydrogen-bond donors (Lipinski definition) is 1. The Balaban J connectivity index is 2.17. The summed E-state index contributed by atoms with van der Waals surface area (Å²) >= 11 is 5.58. The number of hydrogen-bond acceptors (Lipinski definition) is 4. The molecule has 0 aliphatic carbocycles. The van der Waals surface area contributed by atoms with Gasteiger partial charge in [0.2, 0.25) is 0 Å². The Morgan fingerprint density at radius 2 is 2.11 bits per heavy atom. The summed E-state index contributed by atoms with van der Waals surface area (Å²) in [5.41, 5.74) is 0.802. The predicted molar refractivity (Wildman–Crippen MR) is 66.2 cm³/mol. The first-order valence-corrected chi connectivity index (χ1v) is 5.37. The van der Waals surface area contributed by atoms with Crippen molar-refractivity contribution < 1.29 is 4.79 Å². The molecule has 0 atom stereocenters. The highest BCUT2D eigenvalue weighted by Gasteiger charge is 2.07. The van der Waals surface area contributed by atoms with Crippen molar-refractivity contribution in [1.29, 1.82) is 5.26 Å². The highest BCUT2D eigenvalue weighted by Crippen LogP contribution is 2.09. The maximum atomic E-state index is 11.8. The molecule has 1 aromatic carbocycles. The summed E-state index contributed by atoms with van der Waals surface area (Å²) in [5.74, 6) is -0.0597. The number of aromatic nitrogens is 2. The standard InChI is InChI=1S/C12H7ClN4O/c13-10-4-5-11(17-16-10)15-12(18)9-3-1-2-8(6-9)7-14/h1-6H,(H,15,17,18). The molecule has 88 valence electrons. The second kappa shape index (κ2) is 5.25. The number of halogens is 1. The van der Waals surface area contributed by atoms with E-state index < -0.39 is 0 Å². The Kier molecular flexibility index (Phi) is 3.51. The van der Waals surface area contributed by atoms with E-state index in [1.165, 1.54) is 12.1 Å². The van der Waals surface area contributed by atoms with Crippen molar-refractivity contribution in [1.82, 2.24) is 10.2 Å². The molecule has 0 radical (unpaired) electrons. The number of benzene rings is 1. The minimum atomic E-state index is -0.358. The van der Waals surface area contributed by atoms with E-state index in [0.717, 1.165) is 0 Å². The van der Waals surface area contributed by atoms with Crippen molar-refractivity contribution in [2.45, 2.75) is 0 Å². The van der Waals surface area contributed by atoms with E-state index in [9.17, 15) is 4.79 Å². The summed E-state index contributed by atoms with van der Waals surface area (Å²) in [6.07, 6.45) is 0. The third-order valence-corrected chi connectivity index (χ3v) is 2.33. The Morgan fingerprint density at radius 1 is 1.28 bits per heavy atom. The van der Waals surface area contributed by atoms with Gasteiger partial charge in [-0.05, 0) is 30.3 Å². The van der Waals surface area contributed by atoms with Crippen molar-refractivity contribution in [3.05, 3.63) is 52.7 Å². The van der Waals surface area contributed by atoms with Gasteiger partial charge >= 0.3 is 0 Å². The number of nitrogens with zero attached hydrogens (tertiary/aromatic N) is 3. The predicted octanol–water partition coefficient (Wildman–Crippen LogP) is 2.25. The number of rotatable bonds is 2. The van der Waals surface area contributed by atoms with Gasteiger partial charge in [0.1, 0.15) is 0 Å². The van der Waals surface area contributed by atoms with Crippen LogP contribution in [0.1, 0.15) is 15.9 Å². The van der Waals surface area contributed by atoms with Crippen molar-refractivity contribution in [3.8, 4) is 6.07 Å². The number of nitriles is 1. The zero-order valence-electron chi connectivity index (χ0n) is 9.09. The molecular formula is C12H7ClN4O. The first-order chi connectivity index (χ1) is 8.69. The molecule has 1 N–H and O–H groups in total. The lowest BCUT2D eigenvalue weighted by molar-refractivity contribution is 0.102. The van der Waals surface area contributed by atoms with E-state index >= 15 is 0 Å². The third kappa shape index (κ3) is 2.81. The van der Waals surface area contributed by atoms with Gasteiger partial charge in [0.25, 0.3) is 5.91 Å². The normalized spacial score (nSPS) is 9.56. The number of carbonyl (C=O) groups excluding carboxylic acids is 1. The minimum absolute atomic E-state index is 0.250. The second-order valence-corrected chi connectivity index (χ2v) is 3.78. The first-order valence-electron chi connectivity index (χ1n) is 5.00. The van der Waals surface area contributed by atoms with Gasteiger partial charge in [0, 0.05) is 5.56 Å². The fraction of sp³-hybridized carbons (Fsp3) is 0. The molecule has 0 bridgehead atoms.